The van der Waals surface area contributed by atoms with E-state index in [0.29, 0.717) is 17.5 Å². The van der Waals surface area contributed by atoms with Crippen LogP contribution in [0.25, 0.3) is 99.9 Å². The largest absolute Gasteiger partial charge is 0.456 e. The van der Waals surface area contributed by atoms with E-state index in [9.17, 15) is 0 Å². The highest BCUT2D eigenvalue weighted by Crippen LogP contribution is 2.49. The van der Waals surface area contributed by atoms with Crippen molar-refractivity contribution in [1.82, 2.24) is 15.0 Å². The quantitative estimate of drug-likeness (QED) is 0.184. The second-order valence-corrected chi connectivity index (χ2v) is 14.8. The molecule has 1 aliphatic rings. The van der Waals surface area contributed by atoms with Crippen LogP contribution in [0.5, 0.6) is 0 Å². The van der Waals surface area contributed by atoms with Crippen LogP contribution in [-0.4, -0.2) is 15.0 Å². The van der Waals surface area contributed by atoms with Crippen LogP contribution in [0, 0.1) is 0 Å². The lowest BCUT2D eigenvalue weighted by Gasteiger charge is -2.21. The molecule has 0 radical (unpaired) electrons. The smallest absolute Gasteiger partial charge is 0.164 e. The van der Waals surface area contributed by atoms with Crippen LogP contribution in [0.15, 0.2) is 168 Å². The molecule has 2 aromatic heterocycles. The average molecular weight is 692 g/mol. The Kier molecular flexibility index (Phi) is 6.56. The molecule has 0 spiro atoms. The van der Waals surface area contributed by atoms with Gasteiger partial charge in [-0.25, -0.2) is 15.0 Å². The minimum atomic E-state index is -0.0984. The summed E-state index contributed by atoms with van der Waals surface area (Å²) in [5, 5.41) is 6.67. The van der Waals surface area contributed by atoms with Crippen LogP contribution < -0.4 is 0 Å². The molecule has 4 heteroatoms. The van der Waals surface area contributed by atoms with Crippen LogP contribution >= 0.6 is 0 Å². The Morgan fingerprint density at radius 2 is 0.944 bits per heavy atom. The lowest BCUT2D eigenvalue weighted by atomic mass is 9.82. The van der Waals surface area contributed by atoms with Crippen LogP contribution in [0.1, 0.15) is 25.0 Å². The number of nitrogens with zero attached hydrogens (tertiary/aromatic N) is 3. The Hall–Kier alpha value is -6.91. The van der Waals surface area contributed by atoms with Crippen molar-refractivity contribution in [3.05, 3.63) is 175 Å². The molecule has 0 bridgehead atoms. The first-order valence-corrected chi connectivity index (χ1v) is 18.4. The van der Waals surface area contributed by atoms with Crippen LogP contribution in [0.2, 0.25) is 0 Å². The number of aromatic nitrogens is 3. The van der Waals surface area contributed by atoms with Gasteiger partial charge in [0.25, 0.3) is 0 Å². The SMILES string of the molecule is CC1(C)c2ccccc2-c2cc(-c3nc(-c4cccc5cccc(-c6cccc7ccccc67)c45)nc(-c4cccc5oc6ccccc6c45)n3)ccc21. The van der Waals surface area contributed by atoms with Crippen molar-refractivity contribution in [3.63, 3.8) is 0 Å². The molecular formula is C50H33N3O. The molecule has 2 heterocycles. The minimum absolute atomic E-state index is 0.0984. The summed E-state index contributed by atoms with van der Waals surface area (Å²) in [5.74, 6) is 1.86. The number of benzene rings is 8. The van der Waals surface area contributed by atoms with Crippen molar-refractivity contribution in [2.75, 3.05) is 0 Å². The second-order valence-electron chi connectivity index (χ2n) is 14.8. The fourth-order valence-electron chi connectivity index (χ4n) is 8.78. The number of hydrogen-bond acceptors (Lipinski definition) is 4. The Labute approximate surface area is 312 Å². The zero-order valence-electron chi connectivity index (χ0n) is 29.8. The van der Waals surface area contributed by atoms with Crippen molar-refractivity contribution >= 4 is 43.5 Å². The van der Waals surface area contributed by atoms with Gasteiger partial charge in [-0.3, -0.25) is 0 Å². The monoisotopic (exact) mass is 691 g/mol. The number of rotatable bonds is 4. The predicted molar refractivity (Wildman–Crippen MR) is 221 cm³/mol. The van der Waals surface area contributed by atoms with E-state index < -0.39 is 0 Å². The van der Waals surface area contributed by atoms with Gasteiger partial charge < -0.3 is 4.42 Å². The van der Waals surface area contributed by atoms with Crippen molar-refractivity contribution in [1.29, 1.82) is 0 Å². The fourth-order valence-corrected chi connectivity index (χ4v) is 8.78. The third-order valence-electron chi connectivity index (χ3n) is 11.3. The highest BCUT2D eigenvalue weighted by atomic mass is 16.3. The van der Waals surface area contributed by atoms with Gasteiger partial charge in [-0.15, -0.1) is 0 Å². The first-order valence-electron chi connectivity index (χ1n) is 18.4. The fraction of sp³-hybridized carbons (Fsp3) is 0.0600. The van der Waals surface area contributed by atoms with Gasteiger partial charge in [-0.2, -0.15) is 0 Å². The lowest BCUT2D eigenvalue weighted by molar-refractivity contribution is 0.660. The van der Waals surface area contributed by atoms with Gasteiger partial charge in [-0.1, -0.05) is 159 Å². The van der Waals surface area contributed by atoms with E-state index in [2.05, 4.69) is 147 Å². The number of hydrogen-bond donors (Lipinski definition) is 0. The maximum Gasteiger partial charge on any atom is 0.164 e. The summed E-state index contributed by atoms with van der Waals surface area (Å²) in [6.45, 7) is 4.61. The molecule has 0 saturated heterocycles. The number of para-hydroxylation sites is 1. The molecule has 8 aromatic carbocycles. The molecule has 0 atom stereocenters. The molecule has 0 N–H and O–H groups in total. The first kappa shape index (κ1) is 30.7. The van der Waals surface area contributed by atoms with Crippen molar-refractivity contribution in [3.8, 4) is 56.4 Å². The lowest BCUT2D eigenvalue weighted by Crippen LogP contribution is -2.14. The molecule has 0 unspecified atom stereocenters. The average Bonchev–Trinajstić information content (AvgIpc) is 3.72. The molecule has 254 valence electrons. The summed E-state index contributed by atoms with van der Waals surface area (Å²) in [6.07, 6.45) is 0. The van der Waals surface area contributed by atoms with Gasteiger partial charge in [0.15, 0.2) is 17.5 Å². The van der Waals surface area contributed by atoms with Crippen LogP contribution in [0.3, 0.4) is 0 Å². The topological polar surface area (TPSA) is 51.8 Å². The molecule has 0 amide bonds. The molecular weight excluding hydrogens is 659 g/mol. The van der Waals surface area contributed by atoms with Gasteiger partial charge in [-0.05, 0) is 67.7 Å². The van der Waals surface area contributed by atoms with Gasteiger partial charge in [0.1, 0.15) is 11.2 Å². The summed E-state index contributed by atoms with van der Waals surface area (Å²) in [7, 11) is 0. The van der Waals surface area contributed by atoms with E-state index in [1.165, 1.54) is 38.6 Å². The van der Waals surface area contributed by atoms with E-state index >= 15 is 0 Å². The van der Waals surface area contributed by atoms with Gasteiger partial charge >= 0.3 is 0 Å². The Balaban J connectivity index is 1.20. The summed E-state index contributed by atoms with van der Waals surface area (Å²) >= 11 is 0. The molecule has 0 fully saturated rings. The highest BCUT2D eigenvalue weighted by Gasteiger charge is 2.35. The van der Waals surface area contributed by atoms with Gasteiger partial charge in [0.2, 0.25) is 0 Å². The molecule has 54 heavy (non-hydrogen) atoms. The van der Waals surface area contributed by atoms with E-state index in [0.717, 1.165) is 55.0 Å². The first-order chi connectivity index (χ1) is 26.5. The third kappa shape index (κ3) is 4.53. The Bertz CT molecular complexity index is 3140. The molecule has 10 aromatic rings. The van der Waals surface area contributed by atoms with Crippen molar-refractivity contribution < 1.29 is 4.42 Å². The third-order valence-corrected chi connectivity index (χ3v) is 11.3. The van der Waals surface area contributed by atoms with E-state index in [-0.39, 0.29) is 5.41 Å². The summed E-state index contributed by atoms with van der Waals surface area (Å²) < 4.78 is 6.33. The zero-order chi connectivity index (χ0) is 36.0. The molecule has 0 aliphatic heterocycles. The summed E-state index contributed by atoms with van der Waals surface area (Å²) in [5.41, 5.74) is 11.8. The maximum absolute atomic E-state index is 6.33. The van der Waals surface area contributed by atoms with Crippen LogP contribution in [-0.2, 0) is 5.41 Å². The molecule has 0 saturated carbocycles. The molecule has 1 aliphatic carbocycles. The van der Waals surface area contributed by atoms with E-state index in [4.69, 9.17) is 19.4 Å². The normalized spacial score (nSPS) is 13.1. The van der Waals surface area contributed by atoms with Gasteiger partial charge in [0.05, 0.1) is 0 Å². The second kappa shape index (κ2) is 11.5. The summed E-state index contributed by atoms with van der Waals surface area (Å²) in [6, 6.07) is 57.8. The van der Waals surface area contributed by atoms with Gasteiger partial charge in [0, 0.05) is 38.3 Å². The minimum Gasteiger partial charge on any atom is -0.456 e. The molecule has 11 rings (SSSR count). The Morgan fingerprint density at radius 3 is 1.78 bits per heavy atom. The van der Waals surface area contributed by atoms with E-state index in [1.54, 1.807) is 0 Å². The number of fused-ring (bicyclic) bond motifs is 8. The number of furan rings is 1. The Morgan fingerprint density at radius 1 is 0.389 bits per heavy atom. The summed E-state index contributed by atoms with van der Waals surface area (Å²) in [4.78, 5) is 16.0. The standard InChI is InChI=1S/C50H33N3O/c1-50(2)41-24-7-5-18-35(41)40-29-32(27-28-42(40)50)47-51-48(53-49(52-47)39-23-12-26-44-46(39)37-19-6-8-25-43(37)54-44)38-22-11-16-31-15-10-21-36(45(31)38)34-20-9-14-30-13-3-4-17-33(30)34/h3-29H,1-2H3. The van der Waals surface area contributed by atoms with Crippen molar-refractivity contribution in [2.45, 2.75) is 19.3 Å². The van der Waals surface area contributed by atoms with Crippen LogP contribution in [0.4, 0.5) is 0 Å². The van der Waals surface area contributed by atoms with Crippen molar-refractivity contribution in [2.24, 2.45) is 0 Å². The highest BCUT2D eigenvalue weighted by molar-refractivity contribution is 6.13. The zero-order valence-corrected chi connectivity index (χ0v) is 29.8. The maximum atomic E-state index is 6.33. The van der Waals surface area contributed by atoms with E-state index in [1.807, 2.05) is 30.3 Å². The predicted octanol–water partition coefficient (Wildman–Crippen LogP) is 13.1. The molecule has 4 nitrogen and oxygen atoms in total.